The Kier molecular flexibility index (Phi) is 4.76. The summed E-state index contributed by atoms with van der Waals surface area (Å²) in [5.41, 5.74) is -0.657. The van der Waals surface area contributed by atoms with Gasteiger partial charge in [0.2, 0.25) is 0 Å². The van der Waals surface area contributed by atoms with E-state index in [9.17, 15) is 9.59 Å². The average molecular weight is 270 g/mol. The molecule has 0 aromatic rings. The van der Waals surface area contributed by atoms with Crippen LogP contribution in [-0.2, 0) is 9.53 Å². The lowest BCUT2D eigenvalue weighted by Gasteiger charge is -2.34. The number of rotatable bonds is 5. The predicted octanol–water partition coefficient (Wildman–Crippen LogP) is 0.640. The van der Waals surface area contributed by atoms with Gasteiger partial charge in [0.15, 0.2) is 0 Å². The van der Waals surface area contributed by atoms with E-state index < -0.39 is 5.54 Å². The van der Waals surface area contributed by atoms with Crippen molar-refractivity contribution in [2.75, 3.05) is 26.4 Å². The second kappa shape index (κ2) is 6.34. The zero-order chi connectivity index (χ0) is 13.7. The largest absolute Gasteiger partial charge is 0.394 e. The van der Waals surface area contributed by atoms with Crippen LogP contribution in [0.3, 0.4) is 0 Å². The van der Waals surface area contributed by atoms with Crippen LogP contribution in [0.1, 0.15) is 38.5 Å². The van der Waals surface area contributed by atoms with E-state index in [1.807, 2.05) is 0 Å². The number of urea groups is 1. The summed E-state index contributed by atoms with van der Waals surface area (Å²) in [6.45, 7) is 0.979. The number of imide groups is 1. The van der Waals surface area contributed by atoms with E-state index in [1.165, 1.54) is 0 Å². The number of hydrogen-bond acceptors (Lipinski definition) is 4. The van der Waals surface area contributed by atoms with E-state index in [0.29, 0.717) is 13.2 Å². The molecule has 1 spiro atoms. The van der Waals surface area contributed by atoms with Gasteiger partial charge >= 0.3 is 6.03 Å². The molecule has 1 saturated heterocycles. The highest BCUT2D eigenvalue weighted by Crippen LogP contribution is 2.35. The zero-order valence-corrected chi connectivity index (χ0v) is 11.2. The summed E-state index contributed by atoms with van der Waals surface area (Å²) in [5, 5.41) is 11.1. The molecule has 1 aliphatic heterocycles. The van der Waals surface area contributed by atoms with Crippen molar-refractivity contribution < 1.29 is 19.4 Å². The molecule has 3 amide bonds. The van der Waals surface area contributed by atoms with Crippen LogP contribution in [0.25, 0.3) is 0 Å². The molecule has 0 unspecified atom stereocenters. The van der Waals surface area contributed by atoms with Gasteiger partial charge in [-0.3, -0.25) is 10.1 Å². The quantitative estimate of drug-likeness (QED) is 0.567. The van der Waals surface area contributed by atoms with Crippen LogP contribution >= 0.6 is 0 Å². The number of aliphatic hydroxyl groups excluding tert-OH is 1. The molecule has 6 heteroatoms. The summed E-state index contributed by atoms with van der Waals surface area (Å²) < 4.78 is 5.21. The number of carbonyl (C=O) groups is 2. The van der Waals surface area contributed by atoms with Crippen LogP contribution in [0.5, 0.6) is 0 Å². The molecule has 108 valence electrons. The van der Waals surface area contributed by atoms with Crippen molar-refractivity contribution in [3.05, 3.63) is 0 Å². The fraction of sp³-hybridized carbons (Fsp3) is 0.846. The summed E-state index contributed by atoms with van der Waals surface area (Å²) in [6, 6.07) is -0.306. The van der Waals surface area contributed by atoms with Crippen molar-refractivity contribution >= 4 is 11.9 Å². The topological polar surface area (TPSA) is 78.9 Å². The van der Waals surface area contributed by atoms with Crippen LogP contribution < -0.4 is 5.32 Å². The highest BCUT2D eigenvalue weighted by Gasteiger charge is 2.51. The van der Waals surface area contributed by atoms with Crippen molar-refractivity contribution in [3.8, 4) is 0 Å². The lowest BCUT2D eigenvalue weighted by atomic mass is 9.89. The van der Waals surface area contributed by atoms with Gasteiger partial charge < -0.3 is 14.7 Å². The van der Waals surface area contributed by atoms with Gasteiger partial charge in [0.05, 0.1) is 19.8 Å². The molecule has 0 aromatic carbocycles. The first-order chi connectivity index (χ1) is 9.20. The van der Waals surface area contributed by atoms with E-state index in [0.717, 1.165) is 38.5 Å². The Bertz CT molecular complexity index is 338. The molecule has 2 fully saturated rings. The minimum atomic E-state index is -0.657. The summed E-state index contributed by atoms with van der Waals surface area (Å²) in [6.07, 6.45) is 5.69. The Morgan fingerprint density at radius 2 is 1.84 bits per heavy atom. The molecule has 1 heterocycles. The summed E-state index contributed by atoms with van der Waals surface area (Å²) in [5.74, 6) is -0.151. The Balaban J connectivity index is 2.04. The summed E-state index contributed by atoms with van der Waals surface area (Å²) >= 11 is 0. The maximum atomic E-state index is 12.2. The second-order valence-electron chi connectivity index (χ2n) is 5.19. The molecule has 0 atom stereocenters. The molecule has 0 bridgehead atoms. The summed E-state index contributed by atoms with van der Waals surface area (Å²) in [4.78, 5) is 25.7. The molecule has 0 aromatic heterocycles. The highest BCUT2D eigenvalue weighted by atomic mass is 16.5. The number of ether oxygens (including phenoxy) is 1. The fourth-order valence-corrected chi connectivity index (χ4v) is 3.05. The van der Waals surface area contributed by atoms with Gasteiger partial charge in [-0.05, 0) is 12.8 Å². The van der Waals surface area contributed by atoms with Gasteiger partial charge in [-0.2, -0.15) is 0 Å². The third-order valence-electron chi connectivity index (χ3n) is 4.03. The van der Waals surface area contributed by atoms with Crippen molar-refractivity contribution in [1.82, 2.24) is 10.2 Å². The van der Waals surface area contributed by atoms with Crippen LogP contribution in [0.2, 0.25) is 0 Å². The summed E-state index contributed by atoms with van der Waals surface area (Å²) in [7, 11) is 0. The first kappa shape index (κ1) is 14.3. The minimum Gasteiger partial charge on any atom is -0.394 e. The maximum absolute atomic E-state index is 12.2. The fourth-order valence-electron chi connectivity index (χ4n) is 3.05. The molecule has 1 aliphatic carbocycles. The molecule has 2 rings (SSSR count). The minimum absolute atomic E-state index is 0.0315. The number of hydrogen-bond donors (Lipinski definition) is 2. The Hall–Kier alpha value is -1.14. The lowest BCUT2D eigenvalue weighted by Crippen LogP contribution is -2.50. The van der Waals surface area contributed by atoms with Crippen molar-refractivity contribution in [2.45, 2.75) is 44.1 Å². The van der Waals surface area contributed by atoms with Gasteiger partial charge in [-0.25, -0.2) is 4.79 Å². The Morgan fingerprint density at radius 3 is 2.47 bits per heavy atom. The molecule has 6 nitrogen and oxygen atoms in total. The highest BCUT2D eigenvalue weighted by molar-refractivity contribution is 6.07. The maximum Gasteiger partial charge on any atom is 0.325 e. The van der Waals surface area contributed by atoms with E-state index in [1.54, 1.807) is 4.90 Å². The number of amides is 3. The van der Waals surface area contributed by atoms with Crippen molar-refractivity contribution in [3.63, 3.8) is 0 Å². The first-order valence-electron chi connectivity index (χ1n) is 7.02. The third-order valence-corrected chi connectivity index (χ3v) is 4.03. The normalized spacial score (nSPS) is 22.7. The van der Waals surface area contributed by atoms with Gasteiger partial charge in [-0.15, -0.1) is 0 Å². The van der Waals surface area contributed by atoms with E-state index in [2.05, 4.69) is 5.32 Å². The second-order valence-corrected chi connectivity index (χ2v) is 5.19. The molecular weight excluding hydrogens is 248 g/mol. The van der Waals surface area contributed by atoms with Crippen LogP contribution in [0.4, 0.5) is 4.79 Å². The van der Waals surface area contributed by atoms with E-state index in [-0.39, 0.29) is 25.2 Å². The molecular formula is C13H22N2O4. The zero-order valence-electron chi connectivity index (χ0n) is 11.2. The van der Waals surface area contributed by atoms with Crippen LogP contribution in [0, 0.1) is 0 Å². The van der Waals surface area contributed by atoms with Gasteiger partial charge in [0.1, 0.15) is 5.54 Å². The molecule has 2 aliphatic rings. The standard InChI is InChI=1S/C13H22N2O4/c16-8-10-19-9-7-15-12(18)14-11(17)13(15)5-3-1-2-4-6-13/h16H,1-10H2,(H,14,17,18). The molecule has 2 N–H and O–H groups in total. The van der Waals surface area contributed by atoms with E-state index in [4.69, 9.17) is 9.84 Å². The van der Waals surface area contributed by atoms with Crippen LogP contribution in [-0.4, -0.2) is 53.8 Å². The predicted molar refractivity (Wildman–Crippen MR) is 68.6 cm³/mol. The Labute approximate surface area is 113 Å². The smallest absolute Gasteiger partial charge is 0.325 e. The lowest BCUT2D eigenvalue weighted by molar-refractivity contribution is -0.127. The van der Waals surface area contributed by atoms with Crippen LogP contribution in [0.15, 0.2) is 0 Å². The van der Waals surface area contributed by atoms with E-state index >= 15 is 0 Å². The third kappa shape index (κ3) is 2.90. The number of nitrogens with one attached hydrogen (secondary N) is 1. The SMILES string of the molecule is O=C1NC(=O)C2(CCCCCC2)N1CCOCCO. The van der Waals surface area contributed by atoms with Crippen molar-refractivity contribution in [1.29, 1.82) is 0 Å². The molecule has 1 saturated carbocycles. The molecule has 0 radical (unpaired) electrons. The first-order valence-corrected chi connectivity index (χ1v) is 7.02. The van der Waals surface area contributed by atoms with Gasteiger partial charge in [-0.1, -0.05) is 25.7 Å². The van der Waals surface area contributed by atoms with Gasteiger partial charge in [0, 0.05) is 6.54 Å². The molecule has 19 heavy (non-hydrogen) atoms. The number of aliphatic hydroxyl groups is 1. The monoisotopic (exact) mass is 270 g/mol. The number of carbonyl (C=O) groups excluding carboxylic acids is 2. The van der Waals surface area contributed by atoms with Crippen molar-refractivity contribution in [2.24, 2.45) is 0 Å². The van der Waals surface area contributed by atoms with Gasteiger partial charge in [0.25, 0.3) is 5.91 Å². The Morgan fingerprint density at radius 1 is 1.16 bits per heavy atom. The number of nitrogens with zero attached hydrogens (tertiary/aromatic N) is 1. The average Bonchev–Trinajstić information content (AvgIpc) is 2.60.